The Morgan fingerprint density at radius 3 is 2.62 bits per heavy atom. The van der Waals surface area contributed by atoms with Gasteiger partial charge in [0.05, 0.1) is 12.8 Å². The molecule has 0 unspecified atom stereocenters. The highest BCUT2D eigenvalue weighted by molar-refractivity contribution is 6.04. The van der Waals surface area contributed by atoms with Crippen molar-refractivity contribution in [2.24, 2.45) is 5.16 Å². The van der Waals surface area contributed by atoms with Crippen LogP contribution in [0.1, 0.15) is 23.7 Å². The maximum Gasteiger partial charge on any atom is 0.161 e. The summed E-state index contributed by atoms with van der Waals surface area (Å²) in [5.41, 5.74) is 2.25. The van der Waals surface area contributed by atoms with Gasteiger partial charge in [0.1, 0.15) is 30.8 Å². The van der Waals surface area contributed by atoms with Gasteiger partial charge >= 0.3 is 0 Å². The zero-order valence-electron chi connectivity index (χ0n) is 13.2. The van der Waals surface area contributed by atoms with E-state index < -0.39 is 0 Å². The molecule has 0 saturated heterocycles. The fourth-order valence-corrected chi connectivity index (χ4v) is 2.99. The summed E-state index contributed by atoms with van der Waals surface area (Å²) in [6.45, 7) is 1.09. The first kappa shape index (κ1) is 14.7. The van der Waals surface area contributed by atoms with Crippen molar-refractivity contribution in [3.63, 3.8) is 0 Å². The van der Waals surface area contributed by atoms with Gasteiger partial charge in [-0.2, -0.15) is 0 Å². The molecule has 0 fully saturated rings. The topological polar surface area (TPSA) is 69.5 Å². The van der Waals surface area contributed by atoms with Crippen LogP contribution in [0.15, 0.2) is 41.6 Å². The van der Waals surface area contributed by atoms with Crippen LogP contribution >= 0.6 is 0 Å². The number of rotatable bonds is 2. The molecule has 0 aliphatic carbocycles. The molecule has 24 heavy (non-hydrogen) atoms. The molecule has 0 saturated carbocycles. The second-order valence-electron chi connectivity index (χ2n) is 5.62. The van der Waals surface area contributed by atoms with Crippen molar-refractivity contribution in [3.05, 3.63) is 47.5 Å². The average molecular weight is 327 g/mol. The summed E-state index contributed by atoms with van der Waals surface area (Å²) in [5, 5.41) is 12.9. The summed E-state index contributed by atoms with van der Waals surface area (Å²) in [6, 6.07) is 11.2. The van der Waals surface area contributed by atoms with Gasteiger partial charge in [-0.05, 0) is 35.9 Å². The molecule has 4 rings (SSSR count). The lowest BCUT2D eigenvalue weighted by Crippen LogP contribution is -2.22. The minimum atomic E-state index is -0.257. The van der Waals surface area contributed by atoms with Gasteiger partial charge in [0.15, 0.2) is 11.5 Å². The Kier molecular flexibility index (Phi) is 3.65. The van der Waals surface area contributed by atoms with Crippen LogP contribution in [-0.2, 0) is 0 Å². The molecule has 6 nitrogen and oxygen atoms in total. The Balaban J connectivity index is 1.68. The van der Waals surface area contributed by atoms with Crippen molar-refractivity contribution in [1.29, 1.82) is 0 Å². The third-order valence-corrected chi connectivity index (χ3v) is 4.20. The molecule has 0 aromatic heterocycles. The SMILES string of the molecule is COc1ccc2c(c1)/C(=N\O)C[C@@H](c1ccc3c(c1)OCCO3)O2. The van der Waals surface area contributed by atoms with Crippen molar-refractivity contribution >= 4 is 5.71 Å². The number of oxime groups is 1. The number of methoxy groups -OCH3 is 1. The fraction of sp³-hybridized carbons (Fsp3) is 0.278. The molecular weight excluding hydrogens is 310 g/mol. The van der Waals surface area contributed by atoms with Crippen molar-refractivity contribution < 1.29 is 24.2 Å². The van der Waals surface area contributed by atoms with Crippen LogP contribution in [0, 0.1) is 0 Å². The average Bonchev–Trinajstić information content (AvgIpc) is 2.66. The maximum absolute atomic E-state index is 9.41. The van der Waals surface area contributed by atoms with E-state index in [2.05, 4.69) is 5.16 Å². The molecular formula is C18H17NO5. The minimum absolute atomic E-state index is 0.257. The monoisotopic (exact) mass is 327 g/mol. The van der Waals surface area contributed by atoms with E-state index in [9.17, 15) is 5.21 Å². The van der Waals surface area contributed by atoms with Crippen molar-refractivity contribution in [1.82, 2.24) is 0 Å². The Morgan fingerprint density at radius 1 is 1.04 bits per heavy atom. The van der Waals surface area contributed by atoms with Crippen molar-refractivity contribution in [3.8, 4) is 23.0 Å². The van der Waals surface area contributed by atoms with Gasteiger partial charge in [0, 0.05) is 12.0 Å². The third-order valence-electron chi connectivity index (χ3n) is 4.20. The van der Waals surface area contributed by atoms with Gasteiger partial charge in [-0.3, -0.25) is 0 Å². The quantitative estimate of drug-likeness (QED) is 0.678. The summed E-state index contributed by atoms with van der Waals surface area (Å²) >= 11 is 0. The first-order valence-corrected chi connectivity index (χ1v) is 7.74. The number of ether oxygens (including phenoxy) is 4. The number of nitrogens with zero attached hydrogens (tertiary/aromatic N) is 1. The standard InChI is InChI=1S/C18H17NO5/c1-21-12-3-5-15-13(9-12)14(19-20)10-17(24-15)11-2-4-16-18(8-11)23-7-6-22-16/h2-5,8-9,17,20H,6-7,10H2,1H3/b19-14-/t17-/m0/s1. The van der Waals surface area contributed by atoms with Crippen LogP contribution in [0.2, 0.25) is 0 Å². The van der Waals surface area contributed by atoms with E-state index in [-0.39, 0.29) is 6.10 Å². The second kappa shape index (κ2) is 5.96. The second-order valence-corrected chi connectivity index (χ2v) is 5.62. The van der Waals surface area contributed by atoms with E-state index in [1.165, 1.54) is 0 Å². The van der Waals surface area contributed by atoms with Crippen LogP contribution in [0.4, 0.5) is 0 Å². The van der Waals surface area contributed by atoms with Gasteiger partial charge in [0.2, 0.25) is 0 Å². The predicted molar refractivity (Wildman–Crippen MR) is 86.7 cm³/mol. The first-order valence-electron chi connectivity index (χ1n) is 7.74. The summed E-state index contributed by atoms with van der Waals surface area (Å²) in [6.07, 6.45) is 0.198. The molecule has 2 aromatic carbocycles. The fourth-order valence-electron chi connectivity index (χ4n) is 2.99. The first-order chi connectivity index (χ1) is 11.8. The van der Waals surface area contributed by atoms with E-state index in [0.717, 1.165) is 16.9 Å². The zero-order chi connectivity index (χ0) is 16.5. The van der Waals surface area contributed by atoms with Gasteiger partial charge in [-0.1, -0.05) is 11.2 Å². The van der Waals surface area contributed by atoms with Gasteiger partial charge in [0.25, 0.3) is 0 Å². The number of hydrogen-bond acceptors (Lipinski definition) is 6. The lowest BCUT2D eigenvalue weighted by molar-refractivity contribution is 0.169. The van der Waals surface area contributed by atoms with Crippen LogP contribution < -0.4 is 18.9 Å². The Morgan fingerprint density at radius 2 is 1.83 bits per heavy atom. The molecule has 0 spiro atoms. The van der Waals surface area contributed by atoms with Crippen LogP contribution in [-0.4, -0.2) is 31.2 Å². The molecule has 2 aliphatic heterocycles. The highest BCUT2D eigenvalue weighted by Gasteiger charge is 2.28. The summed E-state index contributed by atoms with van der Waals surface area (Å²) in [7, 11) is 1.60. The normalized spacial score (nSPS) is 20.2. The molecule has 2 aromatic rings. The zero-order valence-corrected chi connectivity index (χ0v) is 13.2. The lowest BCUT2D eigenvalue weighted by Gasteiger charge is -2.28. The minimum Gasteiger partial charge on any atom is -0.497 e. The Bertz CT molecular complexity index is 802. The molecule has 6 heteroatoms. The Labute approximate surface area is 139 Å². The summed E-state index contributed by atoms with van der Waals surface area (Å²) < 4.78 is 22.5. The highest BCUT2D eigenvalue weighted by Crippen LogP contribution is 2.40. The third kappa shape index (κ3) is 2.50. The molecule has 124 valence electrons. The van der Waals surface area contributed by atoms with Crippen LogP contribution in [0.25, 0.3) is 0 Å². The molecule has 0 radical (unpaired) electrons. The molecule has 1 N–H and O–H groups in total. The number of benzene rings is 2. The van der Waals surface area contributed by atoms with Gasteiger partial charge in [-0.25, -0.2) is 0 Å². The largest absolute Gasteiger partial charge is 0.497 e. The van der Waals surface area contributed by atoms with Crippen LogP contribution in [0.5, 0.6) is 23.0 Å². The van der Waals surface area contributed by atoms with Crippen molar-refractivity contribution in [2.75, 3.05) is 20.3 Å². The predicted octanol–water partition coefficient (Wildman–Crippen LogP) is 3.17. The summed E-state index contributed by atoms with van der Waals surface area (Å²) in [5.74, 6) is 2.80. The van der Waals surface area contributed by atoms with E-state index >= 15 is 0 Å². The molecule has 0 bridgehead atoms. The highest BCUT2D eigenvalue weighted by atomic mass is 16.6. The molecule has 0 amide bonds. The van der Waals surface area contributed by atoms with Crippen LogP contribution in [0.3, 0.4) is 0 Å². The number of hydrogen-bond donors (Lipinski definition) is 1. The Hall–Kier alpha value is -2.89. The summed E-state index contributed by atoms with van der Waals surface area (Å²) in [4.78, 5) is 0. The number of fused-ring (bicyclic) bond motifs is 2. The molecule has 2 heterocycles. The van der Waals surface area contributed by atoms with Gasteiger partial charge in [-0.15, -0.1) is 0 Å². The smallest absolute Gasteiger partial charge is 0.161 e. The lowest BCUT2D eigenvalue weighted by atomic mass is 9.95. The van der Waals surface area contributed by atoms with E-state index in [4.69, 9.17) is 18.9 Å². The van der Waals surface area contributed by atoms with Gasteiger partial charge < -0.3 is 24.2 Å². The molecule has 1 atom stereocenters. The molecule has 2 aliphatic rings. The van der Waals surface area contributed by atoms with E-state index in [0.29, 0.717) is 42.6 Å². The maximum atomic E-state index is 9.41. The van der Waals surface area contributed by atoms with E-state index in [1.54, 1.807) is 7.11 Å². The van der Waals surface area contributed by atoms with Crippen molar-refractivity contribution in [2.45, 2.75) is 12.5 Å². The van der Waals surface area contributed by atoms with E-state index in [1.807, 2.05) is 36.4 Å².